The quantitative estimate of drug-likeness (QED) is 0.657. The van der Waals surface area contributed by atoms with E-state index in [2.05, 4.69) is 22.7 Å². The van der Waals surface area contributed by atoms with Crippen LogP contribution in [0.25, 0.3) is 0 Å². The molecule has 2 nitrogen and oxygen atoms in total. The standard InChI is InChI=1S/C8H14N2S2/c11-8-10(9-6-12-8)7-4-2-1-3-5-7/h6-8,11H,1-5H2. The third-order valence-corrected chi connectivity index (χ3v) is 3.82. The minimum atomic E-state index is 0.271. The predicted octanol–water partition coefficient (Wildman–Crippen LogP) is 2.52. The van der Waals surface area contributed by atoms with Crippen LogP contribution in [-0.2, 0) is 0 Å². The van der Waals surface area contributed by atoms with Crippen molar-refractivity contribution in [2.75, 3.05) is 0 Å². The molecule has 1 heterocycles. The van der Waals surface area contributed by atoms with E-state index < -0.39 is 0 Å². The zero-order valence-corrected chi connectivity index (χ0v) is 8.73. The smallest absolute Gasteiger partial charge is 0.141 e. The van der Waals surface area contributed by atoms with Crippen molar-refractivity contribution in [2.45, 2.75) is 42.9 Å². The molecule has 1 fully saturated rings. The van der Waals surface area contributed by atoms with Gasteiger partial charge in [-0.2, -0.15) is 5.10 Å². The minimum absolute atomic E-state index is 0.271. The van der Waals surface area contributed by atoms with Gasteiger partial charge in [-0.05, 0) is 12.8 Å². The largest absolute Gasteiger partial charge is 0.270 e. The summed E-state index contributed by atoms with van der Waals surface area (Å²) in [4.78, 5) is 0. The van der Waals surface area contributed by atoms with Crippen LogP contribution in [0.2, 0.25) is 0 Å². The molecule has 1 aliphatic heterocycles. The fourth-order valence-corrected chi connectivity index (χ4v) is 2.91. The highest BCUT2D eigenvalue weighted by molar-refractivity contribution is 8.19. The molecule has 4 heteroatoms. The Hall–Kier alpha value is 0.170. The van der Waals surface area contributed by atoms with Gasteiger partial charge in [-0.15, -0.1) is 12.6 Å². The normalized spacial score (nSPS) is 31.4. The van der Waals surface area contributed by atoms with E-state index in [9.17, 15) is 0 Å². The lowest BCUT2D eigenvalue weighted by Crippen LogP contribution is -2.34. The maximum Gasteiger partial charge on any atom is 0.141 e. The lowest BCUT2D eigenvalue weighted by molar-refractivity contribution is 0.185. The number of thioether (sulfide) groups is 1. The van der Waals surface area contributed by atoms with Crippen molar-refractivity contribution in [3.8, 4) is 0 Å². The van der Waals surface area contributed by atoms with Crippen LogP contribution in [-0.4, -0.2) is 21.3 Å². The molecule has 0 amide bonds. The van der Waals surface area contributed by atoms with Crippen molar-refractivity contribution < 1.29 is 0 Å². The van der Waals surface area contributed by atoms with Crippen molar-refractivity contribution in [2.24, 2.45) is 5.10 Å². The molecule has 0 saturated heterocycles. The molecule has 68 valence electrons. The summed E-state index contributed by atoms with van der Waals surface area (Å²) in [6, 6.07) is 0.660. The molecule has 0 aromatic carbocycles. The van der Waals surface area contributed by atoms with Crippen LogP contribution in [0.1, 0.15) is 32.1 Å². The molecule has 0 spiro atoms. The summed E-state index contributed by atoms with van der Waals surface area (Å²) in [5, 5.41) is 6.49. The highest BCUT2D eigenvalue weighted by atomic mass is 32.2. The van der Waals surface area contributed by atoms with Crippen LogP contribution >= 0.6 is 24.4 Å². The lowest BCUT2D eigenvalue weighted by atomic mass is 9.95. The molecular weight excluding hydrogens is 188 g/mol. The molecule has 0 radical (unpaired) electrons. The Bertz CT molecular complexity index is 178. The molecule has 1 unspecified atom stereocenters. The van der Waals surface area contributed by atoms with E-state index in [0.29, 0.717) is 6.04 Å². The van der Waals surface area contributed by atoms with Gasteiger partial charge in [0.25, 0.3) is 0 Å². The maximum atomic E-state index is 4.46. The molecule has 12 heavy (non-hydrogen) atoms. The van der Waals surface area contributed by atoms with Crippen molar-refractivity contribution in [3.05, 3.63) is 0 Å². The molecule has 1 aliphatic carbocycles. The van der Waals surface area contributed by atoms with E-state index in [1.165, 1.54) is 32.1 Å². The minimum Gasteiger partial charge on any atom is -0.270 e. The van der Waals surface area contributed by atoms with Crippen LogP contribution < -0.4 is 0 Å². The Morgan fingerprint density at radius 3 is 2.67 bits per heavy atom. The summed E-state index contributed by atoms with van der Waals surface area (Å²) >= 11 is 6.16. The summed E-state index contributed by atoms with van der Waals surface area (Å²) in [5.41, 5.74) is 1.91. The van der Waals surface area contributed by atoms with Crippen LogP contribution in [0.3, 0.4) is 0 Å². The molecule has 2 aliphatic rings. The Morgan fingerprint density at radius 2 is 2.08 bits per heavy atom. The zero-order valence-electron chi connectivity index (χ0n) is 7.02. The molecule has 2 rings (SSSR count). The van der Waals surface area contributed by atoms with Gasteiger partial charge in [0.1, 0.15) is 4.71 Å². The van der Waals surface area contributed by atoms with Gasteiger partial charge < -0.3 is 0 Å². The van der Waals surface area contributed by atoms with E-state index in [0.717, 1.165) is 0 Å². The number of thiol groups is 1. The molecule has 0 N–H and O–H groups in total. The molecule has 1 atom stereocenters. The average Bonchev–Trinajstić information content (AvgIpc) is 2.53. The SMILES string of the molecule is SC1SC=NN1C1CCCCC1. The van der Waals surface area contributed by atoms with Crippen LogP contribution in [0.5, 0.6) is 0 Å². The van der Waals surface area contributed by atoms with Gasteiger partial charge in [-0.25, -0.2) is 0 Å². The second-order valence-corrected chi connectivity index (χ2v) is 5.12. The topological polar surface area (TPSA) is 15.6 Å². The monoisotopic (exact) mass is 202 g/mol. The Labute approximate surface area is 83.2 Å². The molecule has 1 saturated carbocycles. The van der Waals surface area contributed by atoms with Gasteiger partial charge in [-0.3, -0.25) is 5.01 Å². The number of nitrogens with zero attached hydrogens (tertiary/aromatic N) is 2. The third-order valence-electron chi connectivity index (χ3n) is 2.54. The van der Waals surface area contributed by atoms with Crippen LogP contribution in [0.15, 0.2) is 5.10 Å². The van der Waals surface area contributed by atoms with Crippen molar-refractivity contribution >= 4 is 29.9 Å². The molecule has 0 bridgehead atoms. The van der Waals surface area contributed by atoms with E-state index >= 15 is 0 Å². The summed E-state index contributed by atoms with van der Waals surface area (Å²) in [6.07, 6.45) is 6.73. The first kappa shape index (κ1) is 8.75. The average molecular weight is 202 g/mol. The highest BCUT2D eigenvalue weighted by Gasteiger charge is 2.26. The lowest BCUT2D eigenvalue weighted by Gasteiger charge is -2.31. The first-order valence-electron chi connectivity index (χ1n) is 4.52. The number of hydrogen-bond acceptors (Lipinski definition) is 4. The second kappa shape index (κ2) is 3.92. The highest BCUT2D eigenvalue weighted by Crippen LogP contribution is 2.32. The fraction of sp³-hybridized carbons (Fsp3) is 0.875. The number of hydrazone groups is 1. The van der Waals surface area contributed by atoms with E-state index in [1.807, 2.05) is 5.55 Å². The fourth-order valence-electron chi connectivity index (χ4n) is 1.88. The second-order valence-electron chi connectivity index (χ2n) is 3.36. The van der Waals surface area contributed by atoms with Gasteiger partial charge >= 0.3 is 0 Å². The van der Waals surface area contributed by atoms with E-state index in [4.69, 9.17) is 0 Å². The van der Waals surface area contributed by atoms with E-state index in [1.54, 1.807) is 11.8 Å². The number of rotatable bonds is 1. The first-order valence-corrected chi connectivity index (χ1v) is 5.98. The Kier molecular flexibility index (Phi) is 2.86. The molecule has 0 aromatic rings. The Balaban J connectivity index is 1.93. The summed E-state index contributed by atoms with van der Waals surface area (Å²) in [6.45, 7) is 0. The van der Waals surface area contributed by atoms with Gasteiger partial charge in [0.2, 0.25) is 0 Å². The Morgan fingerprint density at radius 1 is 1.33 bits per heavy atom. The summed E-state index contributed by atoms with van der Waals surface area (Å²) in [7, 11) is 0. The molecular formula is C8H14N2S2. The van der Waals surface area contributed by atoms with Gasteiger partial charge in [0.05, 0.1) is 5.55 Å². The van der Waals surface area contributed by atoms with Gasteiger partial charge in [0.15, 0.2) is 0 Å². The van der Waals surface area contributed by atoms with Crippen molar-refractivity contribution in [1.29, 1.82) is 0 Å². The summed E-state index contributed by atoms with van der Waals surface area (Å²) in [5.74, 6) is 0. The van der Waals surface area contributed by atoms with Gasteiger partial charge in [0, 0.05) is 6.04 Å². The van der Waals surface area contributed by atoms with Gasteiger partial charge in [-0.1, -0.05) is 31.0 Å². The number of hydrogen-bond donors (Lipinski definition) is 1. The third kappa shape index (κ3) is 1.74. The maximum absolute atomic E-state index is 4.46. The van der Waals surface area contributed by atoms with Crippen LogP contribution in [0.4, 0.5) is 0 Å². The van der Waals surface area contributed by atoms with Crippen molar-refractivity contribution in [3.63, 3.8) is 0 Å². The van der Waals surface area contributed by atoms with Crippen LogP contribution in [0, 0.1) is 0 Å². The predicted molar refractivity (Wildman–Crippen MR) is 57.6 cm³/mol. The molecule has 0 aromatic heterocycles. The van der Waals surface area contributed by atoms with Crippen molar-refractivity contribution in [1.82, 2.24) is 5.01 Å². The van der Waals surface area contributed by atoms with E-state index in [-0.39, 0.29) is 4.71 Å². The first-order chi connectivity index (χ1) is 5.88. The summed E-state index contributed by atoms with van der Waals surface area (Å²) < 4.78 is 0.271. The zero-order chi connectivity index (χ0) is 8.39.